The minimum atomic E-state index is -0.277. The summed E-state index contributed by atoms with van der Waals surface area (Å²) in [6, 6.07) is 6.88. The van der Waals surface area contributed by atoms with Crippen molar-refractivity contribution in [3.63, 3.8) is 0 Å². The zero-order valence-electron chi connectivity index (χ0n) is 9.32. The van der Waals surface area contributed by atoms with Gasteiger partial charge in [-0.25, -0.2) is 4.39 Å². The second-order valence-corrected chi connectivity index (χ2v) is 4.43. The van der Waals surface area contributed by atoms with Crippen molar-refractivity contribution in [1.29, 1.82) is 0 Å². The van der Waals surface area contributed by atoms with Crippen LogP contribution in [0.5, 0.6) is 0 Å². The van der Waals surface area contributed by atoms with Gasteiger partial charge in [0.1, 0.15) is 5.82 Å². The van der Waals surface area contributed by atoms with E-state index in [-0.39, 0.29) is 18.0 Å². The van der Waals surface area contributed by atoms with Crippen molar-refractivity contribution in [2.45, 2.75) is 44.4 Å². The number of rotatable bonds is 3. The largest absolute Gasteiger partial charge is 0.392 e. The standard InChI is InChI=1S/C13H18FNO/c14-11-6-2-1-5-10(11)9-15-12-7-3-4-8-13(12)16/h1-2,5-6,12-13,15-16H,3-4,7-9H2/t12-,13-/m1/s1. The summed E-state index contributed by atoms with van der Waals surface area (Å²) in [5.41, 5.74) is 0.667. The molecule has 2 rings (SSSR count). The van der Waals surface area contributed by atoms with Crippen LogP contribution in [0.15, 0.2) is 24.3 Å². The molecule has 1 aliphatic rings. The van der Waals surface area contributed by atoms with Crippen molar-refractivity contribution in [3.05, 3.63) is 35.6 Å². The summed E-state index contributed by atoms with van der Waals surface area (Å²) < 4.78 is 13.3. The van der Waals surface area contributed by atoms with Crippen LogP contribution in [0.4, 0.5) is 4.39 Å². The first-order valence-corrected chi connectivity index (χ1v) is 5.92. The van der Waals surface area contributed by atoms with Gasteiger partial charge in [-0.2, -0.15) is 0 Å². The van der Waals surface area contributed by atoms with Gasteiger partial charge in [0.2, 0.25) is 0 Å². The fourth-order valence-electron chi connectivity index (χ4n) is 2.23. The lowest BCUT2D eigenvalue weighted by molar-refractivity contribution is 0.0901. The molecule has 0 aromatic heterocycles. The Morgan fingerprint density at radius 1 is 1.25 bits per heavy atom. The van der Waals surface area contributed by atoms with Crippen LogP contribution in [-0.2, 0) is 6.54 Å². The van der Waals surface area contributed by atoms with Crippen LogP contribution in [0, 0.1) is 5.82 Å². The van der Waals surface area contributed by atoms with E-state index in [0.29, 0.717) is 12.1 Å². The monoisotopic (exact) mass is 223 g/mol. The van der Waals surface area contributed by atoms with Crippen LogP contribution in [0.3, 0.4) is 0 Å². The maximum absolute atomic E-state index is 13.3. The van der Waals surface area contributed by atoms with Gasteiger partial charge in [-0.1, -0.05) is 31.0 Å². The van der Waals surface area contributed by atoms with Gasteiger partial charge >= 0.3 is 0 Å². The fourth-order valence-corrected chi connectivity index (χ4v) is 2.23. The molecule has 2 atom stereocenters. The fraction of sp³-hybridized carbons (Fsp3) is 0.538. The lowest BCUT2D eigenvalue weighted by atomic mass is 9.92. The minimum Gasteiger partial charge on any atom is -0.392 e. The van der Waals surface area contributed by atoms with Gasteiger partial charge < -0.3 is 10.4 Å². The molecule has 3 heteroatoms. The average molecular weight is 223 g/mol. The van der Waals surface area contributed by atoms with E-state index in [4.69, 9.17) is 0 Å². The summed E-state index contributed by atoms with van der Waals surface area (Å²) in [4.78, 5) is 0. The Labute approximate surface area is 95.5 Å². The van der Waals surface area contributed by atoms with Gasteiger partial charge in [0, 0.05) is 18.2 Å². The van der Waals surface area contributed by atoms with Gasteiger partial charge in [-0.3, -0.25) is 0 Å². The lowest BCUT2D eigenvalue weighted by Gasteiger charge is -2.28. The molecule has 0 saturated heterocycles. The van der Waals surface area contributed by atoms with Crippen molar-refractivity contribution in [2.24, 2.45) is 0 Å². The van der Waals surface area contributed by atoms with Gasteiger partial charge in [0.25, 0.3) is 0 Å². The molecule has 0 amide bonds. The van der Waals surface area contributed by atoms with E-state index in [0.717, 1.165) is 25.7 Å². The molecule has 1 aromatic rings. The highest BCUT2D eigenvalue weighted by Crippen LogP contribution is 2.19. The number of hydrogen-bond donors (Lipinski definition) is 2. The smallest absolute Gasteiger partial charge is 0.127 e. The Hall–Kier alpha value is -0.930. The van der Waals surface area contributed by atoms with E-state index in [1.807, 2.05) is 6.07 Å². The first-order valence-electron chi connectivity index (χ1n) is 5.92. The van der Waals surface area contributed by atoms with Crippen molar-refractivity contribution in [1.82, 2.24) is 5.32 Å². The topological polar surface area (TPSA) is 32.3 Å². The zero-order chi connectivity index (χ0) is 11.4. The molecular formula is C13H18FNO. The molecule has 0 aliphatic heterocycles. The van der Waals surface area contributed by atoms with E-state index in [1.54, 1.807) is 12.1 Å². The first-order chi connectivity index (χ1) is 7.77. The molecule has 0 unspecified atom stereocenters. The third-order valence-corrected chi connectivity index (χ3v) is 3.24. The van der Waals surface area contributed by atoms with Gasteiger partial charge in [-0.05, 0) is 18.9 Å². The number of aliphatic hydroxyl groups is 1. The predicted octanol–water partition coefficient (Wildman–Crippen LogP) is 2.22. The third kappa shape index (κ3) is 2.80. The normalized spacial score (nSPS) is 25.6. The van der Waals surface area contributed by atoms with E-state index in [9.17, 15) is 9.50 Å². The highest BCUT2D eigenvalue weighted by atomic mass is 19.1. The van der Waals surface area contributed by atoms with Crippen molar-refractivity contribution in [2.75, 3.05) is 0 Å². The molecule has 88 valence electrons. The summed E-state index contributed by atoms with van der Waals surface area (Å²) in [5.74, 6) is -0.180. The first kappa shape index (κ1) is 11.6. The minimum absolute atomic E-state index is 0.119. The molecular weight excluding hydrogens is 205 g/mol. The molecule has 1 aromatic carbocycles. The van der Waals surface area contributed by atoms with Crippen molar-refractivity contribution >= 4 is 0 Å². The molecule has 2 nitrogen and oxygen atoms in total. The second kappa shape index (κ2) is 5.41. The summed E-state index contributed by atoms with van der Waals surface area (Å²) in [5, 5.41) is 13.0. The number of aliphatic hydroxyl groups excluding tert-OH is 1. The number of nitrogens with one attached hydrogen (secondary N) is 1. The molecule has 2 N–H and O–H groups in total. The highest BCUT2D eigenvalue weighted by Gasteiger charge is 2.22. The van der Waals surface area contributed by atoms with Crippen LogP contribution in [0.25, 0.3) is 0 Å². The van der Waals surface area contributed by atoms with Gasteiger partial charge in [0.05, 0.1) is 6.10 Å². The Kier molecular flexibility index (Phi) is 3.91. The Morgan fingerprint density at radius 2 is 2.00 bits per heavy atom. The van der Waals surface area contributed by atoms with Crippen LogP contribution >= 0.6 is 0 Å². The van der Waals surface area contributed by atoms with E-state index in [1.165, 1.54) is 6.07 Å². The molecule has 1 fully saturated rings. The Morgan fingerprint density at radius 3 is 2.75 bits per heavy atom. The zero-order valence-corrected chi connectivity index (χ0v) is 9.32. The summed E-state index contributed by atoms with van der Waals surface area (Å²) in [6.07, 6.45) is 3.80. The quantitative estimate of drug-likeness (QED) is 0.823. The van der Waals surface area contributed by atoms with Crippen LogP contribution in [0.2, 0.25) is 0 Å². The van der Waals surface area contributed by atoms with Crippen LogP contribution in [0.1, 0.15) is 31.2 Å². The molecule has 1 saturated carbocycles. The van der Waals surface area contributed by atoms with E-state index < -0.39 is 0 Å². The number of halogens is 1. The molecule has 1 aliphatic carbocycles. The Balaban J connectivity index is 1.89. The highest BCUT2D eigenvalue weighted by molar-refractivity contribution is 5.17. The maximum Gasteiger partial charge on any atom is 0.127 e. The summed E-state index contributed by atoms with van der Waals surface area (Å²) >= 11 is 0. The molecule has 0 radical (unpaired) electrons. The van der Waals surface area contributed by atoms with Gasteiger partial charge in [-0.15, -0.1) is 0 Å². The average Bonchev–Trinajstić information content (AvgIpc) is 2.30. The summed E-state index contributed by atoms with van der Waals surface area (Å²) in [7, 11) is 0. The lowest BCUT2D eigenvalue weighted by Crippen LogP contribution is -2.41. The summed E-state index contributed by atoms with van der Waals surface area (Å²) in [6.45, 7) is 0.494. The molecule has 16 heavy (non-hydrogen) atoms. The maximum atomic E-state index is 13.3. The van der Waals surface area contributed by atoms with E-state index >= 15 is 0 Å². The van der Waals surface area contributed by atoms with Crippen LogP contribution in [-0.4, -0.2) is 17.3 Å². The number of hydrogen-bond acceptors (Lipinski definition) is 2. The van der Waals surface area contributed by atoms with Crippen molar-refractivity contribution in [3.8, 4) is 0 Å². The van der Waals surface area contributed by atoms with E-state index in [2.05, 4.69) is 5.32 Å². The SMILES string of the molecule is O[C@@H]1CCCC[C@H]1NCc1ccccc1F. The van der Waals surface area contributed by atoms with Crippen LogP contribution < -0.4 is 5.32 Å². The van der Waals surface area contributed by atoms with Gasteiger partial charge in [0.15, 0.2) is 0 Å². The second-order valence-electron chi connectivity index (χ2n) is 4.43. The predicted molar refractivity (Wildman–Crippen MR) is 61.5 cm³/mol. The third-order valence-electron chi connectivity index (χ3n) is 3.24. The van der Waals surface area contributed by atoms with Crippen molar-refractivity contribution < 1.29 is 9.50 Å². The molecule has 0 spiro atoms. The molecule has 0 heterocycles. The Bertz CT molecular complexity index is 342. The molecule has 0 bridgehead atoms. The number of benzene rings is 1.